The molecule has 32 heavy (non-hydrogen) atoms. The molecule has 1 unspecified atom stereocenters. The first-order valence-electron chi connectivity index (χ1n) is 11.2. The number of nitrogens with one attached hydrogen (secondary N) is 1. The van der Waals surface area contributed by atoms with Crippen molar-refractivity contribution in [1.82, 2.24) is 14.9 Å². The normalized spacial score (nSPS) is 16.9. The molecular formula is C25H31FN4O2. The summed E-state index contributed by atoms with van der Waals surface area (Å²) in [5, 5.41) is 2.93. The van der Waals surface area contributed by atoms with E-state index in [1.807, 2.05) is 51.1 Å². The molecule has 1 atom stereocenters. The van der Waals surface area contributed by atoms with E-state index in [9.17, 15) is 9.18 Å². The first kappa shape index (κ1) is 22.1. The topological polar surface area (TPSA) is 59.4 Å². The maximum Gasteiger partial charge on any atom is 0.407 e. The quantitative estimate of drug-likeness (QED) is 0.602. The van der Waals surface area contributed by atoms with Gasteiger partial charge < -0.3 is 19.5 Å². The number of para-hydroxylation sites is 2. The molecule has 1 fully saturated rings. The number of benzene rings is 2. The molecule has 6 nitrogen and oxygen atoms in total. The van der Waals surface area contributed by atoms with Gasteiger partial charge in [0.25, 0.3) is 0 Å². The third-order valence-corrected chi connectivity index (χ3v) is 5.63. The second kappa shape index (κ2) is 9.18. The largest absolute Gasteiger partial charge is 0.444 e. The second-order valence-electron chi connectivity index (χ2n) is 9.34. The van der Waals surface area contributed by atoms with E-state index in [2.05, 4.69) is 14.8 Å². The number of alkyl carbamates (subject to hydrolysis) is 1. The number of hydrogen-bond acceptors (Lipinski definition) is 4. The Morgan fingerprint density at radius 3 is 2.78 bits per heavy atom. The van der Waals surface area contributed by atoms with Gasteiger partial charge in [-0.3, -0.25) is 0 Å². The summed E-state index contributed by atoms with van der Waals surface area (Å²) in [7, 11) is 0. The number of ether oxygens (including phenoxy) is 1. The van der Waals surface area contributed by atoms with Crippen LogP contribution in [0.5, 0.6) is 0 Å². The SMILES string of the molecule is CC(C)(C)OC(=O)NCC1CCCCN1c1nc2ccccc2n1Cc1cccc(F)c1. The van der Waals surface area contributed by atoms with E-state index in [0.717, 1.165) is 48.4 Å². The number of aromatic nitrogens is 2. The van der Waals surface area contributed by atoms with Crippen molar-refractivity contribution < 1.29 is 13.9 Å². The zero-order valence-electron chi connectivity index (χ0n) is 19.0. The van der Waals surface area contributed by atoms with Gasteiger partial charge in [0.05, 0.1) is 17.6 Å². The Hall–Kier alpha value is -3.09. The number of fused-ring (bicyclic) bond motifs is 1. The molecule has 0 radical (unpaired) electrons. The first-order valence-corrected chi connectivity index (χ1v) is 11.2. The summed E-state index contributed by atoms with van der Waals surface area (Å²) in [6.45, 7) is 7.43. The Balaban J connectivity index is 1.62. The van der Waals surface area contributed by atoms with Gasteiger partial charge in [-0.2, -0.15) is 0 Å². The highest BCUT2D eigenvalue weighted by molar-refractivity contribution is 5.79. The molecular weight excluding hydrogens is 407 g/mol. The van der Waals surface area contributed by atoms with E-state index in [0.29, 0.717) is 13.1 Å². The second-order valence-corrected chi connectivity index (χ2v) is 9.34. The van der Waals surface area contributed by atoms with Crippen LogP contribution in [-0.2, 0) is 11.3 Å². The van der Waals surface area contributed by atoms with Crippen molar-refractivity contribution in [2.45, 2.75) is 58.2 Å². The molecule has 1 aliphatic rings. The summed E-state index contributed by atoms with van der Waals surface area (Å²) in [4.78, 5) is 19.4. The molecule has 1 amide bonds. The Kier molecular flexibility index (Phi) is 6.35. The van der Waals surface area contributed by atoms with Gasteiger partial charge in [0.1, 0.15) is 11.4 Å². The summed E-state index contributed by atoms with van der Waals surface area (Å²) in [6.07, 6.45) is 2.71. The fourth-order valence-electron chi connectivity index (χ4n) is 4.25. The molecule has 7 heteroatoms. The monoisotopic (exact) mass is 438 g/mol. The Morgan fingerprint density at radius 1 is 1.19 bits per heavy atom. The van der Waals surface area contributed by atoms with Gasteiger partial charge in [0.2, 0.25) is 5.95 Å². The molecule has 0 spiro atoms. The Bertz CT molecular complexity index is 1090. The predicted octanol–water partition coefficient (Wildman–Crippen LogP) is 5.11. The minimum Gasteiger partial charge on any atom is -0.444 e. The number of halogens is 1. The number of nitrogens with zero attached hydrogens (tertiary/aromatic N) is 3. The highest BCUT2D eigenvalue weighted by Crippen LogP contribution is 2.29. The van der Waals surface area contributed by atoms with Gasteiger partial charge in [-0.25, -0.2) is 14.2 Å². The summed E-state index contributed by atoms with van der Waals surface area (Å²) in [6, 6.07) is 14.8. The molecule has 1 saturated heterocycles. The summed E-state index contributed by atoms with van der Waals surface area (Å²) < 4.78 is 21.4. The van der Waals surface area contributed by atoms with Crippen molar-refractivity contribution in [1.29, 1.82) is 0 Å². The van der Waals surface area contributed by atoms with Crippen LogP contribution in [0.3, 0.4) is 0 Å². The van der Waals surface area contributed by atoms with E-state index in [4.69, 9.17) is 9.72 Å². The van der Waals surface area contributed by atoms with Crippen molar-refractivity contribution in [2.75, 3.05) is 18.0 Å². The number of rotatable bonds is 5. The van der Waals surface area contributed by atoms with E-state index in [1.165, 1.54) is 6.07 Å². The van der Waals surface area contributed by atoms with Gasteiger partial charge in [0.15, 0.2) is 0 Å². The standard InChI is InChI=1S/C25H31FN4O2/c1-25(2,3)32-24(31)27-16-20-11-6-7-14-29(20)23-28-21-12-4-5-13-22(21)30(23)17-18-9-8-10-19(26)15-18/h4-5,8-10,12-13,15,20H,6-7,11,14,16-17H2,1-3H3,(H,27,31). The van der Waals surface area contributed by atoms with Crippen molar-refractivity contribution in [3.63, 3.8) is 0 Å². The van der Waals surface area contributed by atoms with Crippen molar-refractivity contribution in [3.8, 4) is 0 Å². The molecule has 4 rings (SSSR count). The van der Waals surface area contributed by atoms with Crippen LogP contribution in [0.1, 0.15) is 45.6 Å². The first-order chi connectivity index (χ1) is 15.3. The molecule has 2 heterocycles. The molecule has 1 N–H and O–H groups in total. The minimum atomic E-state index is -0.532. The smallest absolute Gasteiger partial charge is 0.407 e. The molecule has 1 aromatic heterocycles. The van der Waals surface area contributed by atoms with Crippen molar-refractivity contribution in [2.24, 2.45) is 0 Å². The number of anilines is 1. The Labute approximate surface area is 188 Å². The van der Waals surface area contributed by atoms with Gasteiger partial charge in [0, 0.05) is 19.1 Å². The fraction of sp³-hybridized carbons (Fsp3) is 0.440. The van der Waals surface area contributed by atoms with Crippen LogP contribution in [0.4, 0.5) is 15.1 Å². The predicted molar refractivity (Wildman–Crippen MR) is 124 cm³/mol. The van der Waals surface area contributed by atoms with Crippen LogP contribution in [0.15, 0.2) is 48.5 Å². The highest BCUT2D eigenvalue weighted by atomic mass is 19.1. The van der Waals surface area contributed by atoms with Gasteiger partial charge in [-0.05, 0) is 69.9 Å². The molecule has 1 aliphatic heterocycles. The van der Waals surface area contributed by atoms with Crippen LogP contribution in [0.25, 0.3) is 11.0 Å². The van der Waals surface area contributed by atoms with E-state index in [1.54, 1.807) is 12.1 Å². The molecule has 0 saturated carbocycles. The zero-order chi connectivity index (χ0) is 22.7. The fourth-order valence-corrected chi connectivity index (χ4v) is 4.25. The number of imidazole rings is 1. The molecule has 170 valence electrons. The third kappa shape index (κ3) is 5.21. The van der Waals surface area contributed by atoms with E-state index >= 15 is 0 Å². The van der Waals surface area contributed by atoms with Gasteiger partial charge in [-0.1, -0.05) is 24.3 Å². The average molecular weight is 439 g/mol. The number of amides is 1. The van der Waals surface area contributed by atoms with Crippen molar-refractivity contribution in [3.05, 3.63) is 59.9 Å². The van der Waals surface area contributed by atoms with Gasteiger partial charge in [-0.15, -0.1) is 0 Å². The lowest BCUT2D eigenvalue weighted by atomic mass is 10.0. The molecule has 3 aromatic rings. The number of carbonyl (C=O) groups excluding carboxylic acids is 1. The van der Waals surface area contributed by atoms with Crippen LogP contribution in [0.2, 0.25) is 0 Å². The maximum absolute atomic E-state index is 13.8. The van der Waals surface area contributed by atoms with Crippen LogP contribution < -0.4 is 10.2 Å². The lowest BCUT2D eigenvalue weighted by Gasteiger charge is -2.37. The zero-order valence-corrected chi connectivity index (χ0v) is 19.0. The Morgan fingerprint density at radius 2 is 2.00 bits per heavy atom. The average Bonchev–Trinajstić information content (AvgIpc) is 3.09. The molecule has 2 aromatic carbocycles. The minimum absolute atomic E-state index is 0.111. The van der Waals surface area contributed by atoms with E-state index in [-0.39, 0.29) is 11.9 Å². The number of hydrogen-bond donors (Lipinski definition) is 1. The van der Waals surface area contributed by atoms with E-state index < -0.39 is 11.7 Å². The lowest BCUT2D eigenvalue weighted by molar-refractivity contribution is 0.0522. The van der Waals surface area contributed by atoms with Crippen LogP contribution in [0, 0.1) is 5.82 Å². The number of piperidine rings is 1. The van der Waals surface area contributed by atoms with Gasteiger partial charge >= 0.3 is 6.09 Å². The number of carbonyl (C=O) groups is 1. The summed E-state index contributed by atoms with van der Waals surface area (Å²) in [5.41, 5.74) is 2.27. The summed E-state index contributed by atoms with van der Waals surface area (Å²) in [5.74, 6) is 0.608. The van der Waals surface area contributed by atoms with Crippen LogP contribution >= 0.6 is 0 Å². The molecule has 0 aliphatic carbocycles. The lowest BCUT2D eigenvalue weighted by Crippen LogP contribution is -2.48. The molecule has 0 bridgehead atoms. The van der Waals surface area contributed by atoms with Crippen molar-refractivity contribution >= 4 is 23.1 Å². The maximum atomic E-state index is 13.8. The van der Waals surface area contributed by atoms with Crippen LogP contribution in [-0.4, -0.2) is 40.4 Å². The summed E-state index contributed by atoms with van der Waals surface area (Å²) >= 11 is 0. The third-order valence-electron chi connectivity index (χ3n) is 5.63. The highest BCUT2D eigenvalue weighted by Gasteiger charge is 2.28.